The van der Waals surface area contributed by atoms with Crippen LogP contribution in [0.1, 0.15) is 44.3 Å². The molecule has 1 aromatic carbocycles. The lowest BCUT2D eigenvalue weighted by atomic mass is 9.92. The van der Waals surface area contributed by atoms with Crippen LogP contribution >= 0.6 is 15.9 Å². The lowest BCUT2D eigenvalue weighted by molar-refractivity contribution is -0.0194. The van der Waals surface area contributed by atoms with E-state index in [4.69, 9.17) is 4.74 Å². The van der Waals surface area contributed by atoms with Crippen molar-refractivity contribution in [1.82, 2.24) is 0 Å². The minimum absolute atomic E-state index is 0.321. The quantitative estimate of drug-likeness (QED) is 0.780. The smallest absolute Gasteiger partial charge is 0.0825 e. The SMILES string of the molecule is CCCC1CCC(c2ccc(Br)cc2)OC1. The van der Waals surface area contributed by atoms with Crippen LogP contribution in [0, 0.1) is 5.92 Å². The van der Waals surface area contributed by atoms with Crippen LogP contribution in [0.3, 0.4) is 0 Å². The van der Waals surface area contributed by atoms with E-state index in [0.717, 1.165) is 17.0 Å². The maximum atomic E-state index is 5.95. The second kappa shape index (κ2) is 5.83. The Kier molecular flexibility index (Phi) is 4.42. The van der Waals surface area contributed by atoms with Crippen molar-refractivity contribution in [3.05, 3.63) is 34.3 Å². The first-order chi connectivity index (χ1) is 7.79. The zero-order valence-corrected chi connectivity index (χ0v) is 11.4. The molecule has 1 aliphatic heterocycles. The van der Waals surface area contributed by atoms with Gasteiger partial charge in [-0.25, -0.2) is 0 Å². The highest BCUT2D eigenvalue weighted by atomic mass is 79.9. The monoisotopic (exact) mass is 282 g/mol. The topological polar surface area (TPSA) is 9.23 Å². The third kappa shape index (κ3) is 3.08. The van der Waals surface area contributed by atoms with Gasteiger partial charge in [0.15, 0.2) is 0 Å². The van der Waals surface area contributed by atoms with Gasteiger partial charge in [-0.1, -0.05) is 41.4 Å². The summed E-state index contributed by atoms with van der Waals surface area (Å²) in [5.74, 6) is 0.789. The largest absolute Gasteiger partial charge is 0.373 e. The third-order valence-electron chi connectivity index (χ3n) is 3.31. The molecule has 1 aliphatic rings. The fourth-order valence-electron chi connectivity index (χ4n) is 2.38. The maximum Gasteiger partial charge on any atom is 0.0825 e. The van der Waals surface area contributed by atoms with Crippen molar-refractivity contribution in [2.45, 2.75) is 38.7 Å². The molecule has 1 saturated heterocycles. The van der Waals surface area contributed by atoms with Gasteiger partial charge in [-0.3, -0.25) is 0 Å². The summed E-state index contributed by atoms with van der Waals surface area (Å²) < 4.78 is 7.09. The Labute approximate surface area is 106 Å². The van der Waals surface area contributed by atoms with Gasteiger partial charge in [-0.2, -0.15) is 0 Å². The molecule has 0 saturated carbocycles. The summed E-state index contributed by atoms with van der Waals surface area (Å²) in [6.07, 6.45) is 5.39. The Morgan fingerprint density at radius 1 is 1.25 bits per heavy atom. The van der Waals surface area contributed by atoms with Crippen molar-refractivity contribution in [3.63, 3.8) is 0 Å². The van der Waals surface area contributed by atoms with E-state index in [1.807, 2.05) is 0 Å². The van der Waals surface area contributed by atoms with Gasteiger partial charge in [0.05, 0.1) is 12.7 Å². The van der Waals surface area contributed by atoms with E-state index in [1.54, 1.807) is 0 Å². The molecule has 1 aromatic rings. The van der Waals surface area contributed by atoms with E-state index in [0.29, 0.717) is 6.10 Å². The first-order valence-electron chi connectivity index (χ1n) is 6.16. The number of halogens is 1. The Balaban J connectivity index is 1.91. The van der Waals surface area contributed by atoms with Crippen LogP contribution < -0.4 is 0 Å². The van der Waals surface area contributed by atoms with Crippen molar-refractivity contribution in [2.75, 3.05) is 6.61 Å². The number of rotatable bonds is 3. The molecule has 1 heterocycles. The van der Waals surface area contributed by atoms with E-state index in [-0.39, 0.29) is 0 Å². The Morgan fingerprint density at radius 3 is 2.56 bits per heavy atom. The van der Waals surface area contributed by atoms with Crippen molar-refractivity contribution in [1.29, 1.82) is 0 Å². The lowest BCUT2D eigenvalue weighted by Gasteiger charge is -2.29. The molecule has 16 heavy (non-hydrogen) atoms. The highest BCUT2D eigenvalue weighted by Gasteiger charge is 2.22. The van der Waals surface area contributed by atoms with Crippen LogP contribution in [-0.2, 0) is 4.74 Å². The fraction of sp³-hybridized carbons (Fsp3) is 0.571. The molecule has 2 atom stereocenters. The highest BCUT2D eigenvalue weighted by molar-refractivity contribution is 9.10. The zero-order valence-electron chi connectivity index (χ0n) is 9.79. The zero-order chi connectivity index (χ0) is 11.4. The number of hydrogen-bond acceptors (Lipinski definition) is 1. The van der Waals surface area contributed by atoms with E-state index >= 15 is 0 Å². The molecule has 0 aliphatic carbocycles. The number of ether oxygens (including phenoxy) is 1. The molecule has 88 valence electrons. The first kappa shape index (κ1) is 12.1. The van der Waals surface area contributed by atoms with Crippen LogP contribution in [-0.4, -0.2) is 6.61 Å². The molecule has 0 spiro atoms. The van der Waals surface area contributed by atoms with Crippen molar-refractivity contribution >= 4 is 15.9 Å². The third-order valence-corrected chi connectivity index (χ3v) is 3.84. The second-order valence-corrected chi connectivity index (χ2v) is 5.52. The molecule has 0 N–H and O–H groups in total. The molecule has 2 heteroatoms. The molecular weight excluding hydrogens is 264 g/mol. The molecule has 1 nitrogen and oxygen atoms in total. The van der Waals surface area contributed by atoms with Crippen LogP contribution in [0.4, 0.5) is 0 Å². The van der Waals surface area contributed by atoms with Crippen molar-refractivity contribution in [3.8, 4) is 0 Å². The second-order valence-electron chi connectivity index (χ2n) is 4.61. The summed E-state index contributed by atoms with van der Waals surface area (Å²) in [6.45, 7) is 3.19. The normalized spacial score (nSPS) is 25.6. The molecule has 0 aromatic heterocycles. The summed E-state index contributed by atoms with van der Waals surface area (Å²) in [7, 11) is 0. The van der Waals surface area contributed by atoms with Gasteiger partial charge < -0.3 is 4.74 Å². The van der Waals surface area contributed by atoms with Gasteiger partial charge in [0.1, 0.15) is 0 Å². The lowest BCUT2D eigenvalue weighted by Crippen LogP contribution is -2.20. The minimum Gasteiger partial charge on any atom is -0.373 e. The summed E-state index contributed by atoms with van der Waals surface area (Å²) >= 11 is 3.46. The maximum absolute atomic E-state index is 5.95. The summed E-state index contributed by atoms with van der Waals surface area (Å²) in [5, 5.41) is 0. The number of hydrogen-bond donors (Lipinski definition) is 0. The predicted octanol–water partition coefficient (Wildman–Crippen LogP) is 4.72. The molecule has 2 rings (SSSR count). The van der Waals surface area contributed by atoms with Gasteiger partial charge in [0, 0.05) is 4.47 Å². The summed E-state index contributed by atoms with van der Waals surface area (Å²) in [5.41, 5.74) is 1.32. The summed E-state index contributed by atoms with van der Waals surface area (Å²) in [4.78, 5) is 0. The van der Waals surface area contributed by atoms with Crippen molar-refractivity contribution < 1.29 is 4.74 Å². The van der Waals surface area contributed by atoms with Gasteiger partial charge in [-0.05, 0) is 42.9 Å². The van der Waals surface area contributed by atoms with E-state index in [2.05, 4.69) is 47.1 Å². The molecule has 1 fully saturated rings. The Hall–Kier alpha value is -0.340. The Morgan fingerprint density at radius 2 is 2.00 bits per heavy atom. The molecule has 0 amide bonds. The van der Waals surface area contributed by atoms with E-state index in [9.17, 15) is 0 Å². The average Bonchev–Trinajstić information content (AvgIpc) is 2.32. The van der Waals surface area contributed by atoms with Crippen LogP contribution in [0.5, 0.6) is 0 Å². The highest BCUT2D eigenvalue weighted by Crippen LogP contribution is 2.32. The Bertz CT molecular complexity index is 312. The average molecular weight is 283 g/mol. The molecule has 0 radical (unpaired) electrons. The van der Waals surface area contributed by atoms with Gasteiger partial charge in [0.25, 0.3) is 0 Å². The van der Waals surface area contributed by atoms with E-state index < -0.39 is 0 Å². The van der Waals surface area contributed by atoms with Crippen LogP contribution in [0.25, 0.3) is 0 Å². The van der Waals surface area contributed by atoms with Gasteiger partial charge in [0.2, 0.25) is 0 Å². The van der Waals surface area contributed by atoms with Gasteiger partial charge in [-0.15, -0.1) is 0 Å². The fourth-order valence-corrected chi connectivity index (χ4v) is 2.65. The summed E-state index contributed by atoms with van der Waals surface area (Å²) in [6, 6.07) is 8.51. The minimum atomic E-state index is 0.321. The molecule has 2 unspecified atom stereocenters. The van der Waals surface area contributed by atoms with Gasteiger partial charge >= 0.3 is 0 Å². The van der Waals surface area contributed by atoms with E-state index in [1.165, 1.54) is 31.2 Å². The number of benzene rings is 1. The molecule has 0 bridgehead atoms. The van der Waals surface area contributed by atoms with Crippen molar-refractivity contribution in [2.24, 2.45) is 5.92 Å². The van der Waals surface area contributed by atoms with Crippen LogP contribution in [0.15, 0.2) is 28.7 Å². The van der Waals surface area contributed by atoms with Crippen LogP contribution in [0.2, 0.25) is 0 Å². The molecular formula is C14H19BrO. The first-order valence-corrected chi connectivity index (χ1v) is 6.96. The predicted molar refractivity (Wildman–Crippen MR) is 70.5 cm³/mol. The standard InChI is InChI=1S/C14H19BrO/c1-2-3-11-4-9-14(16-10-11)12-5-7-13(15)8-6-12/h5-8,11,14H,2-4,9-10H2,1H3.